The third kappa shape index (κ3) is 3.44. The van der Waals surface area contributed by atoms with Gasteiger partial charge in [0.1, 0.15) is 11.6 Å². The Morgan fingerprint density at radius 3 is 2.80 bits per heavy atom. The number of benzene rings is 1. The lowest BCUT2D eigenvalue weighted by molar-refractivity contribution is 0.386. The van der Waals surface area contributed by atoms with Gasteiger partial charge in [-0.3, -0.25) is 0 Å². The lowest BCUT2D eigenvalue weighted by atomic mass is 10.3. The number of hydrogen-bond donors (Lipinski definition) is 0. The highest BCUT2D eigenvalue weighted by Gasteiger charge is 2.11. The molecule has 1 heterocycles. The molecule has 0 atom stereocenters. The fourth-order valence-corrected chi connectivity index (χ4v) is 2.53. The Kier molecular flexibility index (Phi) is 5.26. The smallest absolute Gasteiger partial charge is 0.121 e. The normalized spacial score (nSPS) is 11.4. The minimum atomic E-state index is 0.591. The van der Waals surface area contributed by atoms with Gasteiger partial charge in [0.15, 0.2) is 0 Å². The third-order valence-corrected chi connectivity index (χ3v) is 3.53. The molecule has 0 unspecified atom stereocenters. The first-order valence-electron chi connectivity index (χ1n) is 6.89. The number of aromatic nitrogens is 2. The van der Waals surface area contributed by atoms with Crippen molar-refractivity contribution >= 4 is 22.6 Å². The first-order valence-corrected chi connectivity index (χ1v) is 7.43. The summed E-state index contributed by atoms with van der Waals surface area (Å²) in [5.41, 5.74) is 2.14. The number of aryl methyl sites for hydroxylation is 2. The standard InChI is InChI=1S/C15H22ClN3O/c1-18(2)9-4-10-19-14-6-5-12(20-3)11-13(14)17-15(19)7-8-16/h5-6,11H,4,7-10H2,1-3H3. The lowest BCUT2D eigenvalue weighted by Crippen LogP contribution is -2.16. The summed E-state index contributed by atoms with van der Waals surface area (Å²) in [5.74, 6) is 2.49. The van der Waals surface area contributed by atoms with E-state index in [-0.39, 0.29) is 0 Å². The first-order chi connectivity index (χ1) is 9.65. The van der Waals surface area contributed by atoms with Crippen LogP contribution in [0.3, 0.4) is 0 Å². The van der Waals surface area contributed by atoms with E-state index in [1.165, 1.54) is 0 Å². The lowest BCUT2D eigenvalue weighted by Gasteiger charge is -2.12. The SMILES string of the molecule is COc1ccc2c(c1)nc(CCCl)n2CCCN(C)C. The van der Waals surface area contributed by atoms with Gasteiger partial charge in [-0.2, -0.15) is 0 Å². The summed E-state index contributed by atoms with van der Waals surface area (Å²) >= 11 is 5.89. The molecule has 0 spiro atoms. The molecule has 2 aromatic rings. The van der Waals surface area contributed by atoms with E-state index in [0.717, 1.165) is 48.5 Å². The van der Waals surface area contributed by atoms with Crippen molar-refractivity contribution in [2.24, 2.45) is 0 Å². The largest absolute Gasteiger partial charge is 0.497 e. The number of ether oxygens (including phenoxy) is 1. The molecule has 0 saturated heterocycles. The minimum absolute atomic E-state index is 0.591. The molecule has 0 amide bonds. The molecule has 0 fully saturated rings. The number of fused-ring (bicyclic) bond motifs is 1. The molecule has 0 aliphatic heterocycles. The van der Waals surface area contributed by atoms with E-state index in [2.05, 4.69) is 29.6 Å². The highest BCUT2D eigenvalue weighted by Crippen LogP contribution is 2.22. The first kappa shape index (κ1) is 15.1. The van der Waals surface area contributed by atoms with Crippen molar-refractivity contribution < 1.29 is 4.74 Å². The van der Waals surface area contributed by atoms with Crippen LogP contribution in [0, 0.1) is 0 Å². The number of imidazole rings is 1. The van der Waals surface area contributed by atoms with Gasteiger partial charge in [-0.25, -0.2) is 4.98 Å². The van der Waals surface area contributed by atoms with E-state index < -0.39 is 0 Å². The van der Waals surface area contributed by atoms with E-state index in [4.69, 9.17) is 21.3 Å². The topological polar surface area (TPSA) is 30.3 Å². The average Bonchev–Trinajstić information content (AvgIpc) is 2.76. The zero-order valence-electron chi connectivity index (χ0n) is 12.4. The zero-order valence-corrected chi connectivity index (χ0v) is 13.2. The summed E-state index contributed by atoms with van der Waals surface area (Å²) in [7, 11) is 5.86. The van der Waals surface area contributed by atoms with E-state index in [1.54, 1.807) is 7.11 Å². The van der Waals surface area contributed by atoms with Crippen molar-refractivity contribution in [3.05, 3.63) is 24.0 Å². The second-order valence-electron chi connectivity index (χ2n) is 5.13. The Balaban J connectivity index is 2.30. The van der Waals surface area contributed by atoms with Crippen molar-refractivity contribution in [2.45, 2.75) is 19.4 Å². The molecule has 0 N–H and O–H groups in total. The molecule has 110 valence electrons. The van der Waals surface area contributed by atoms with Crippen LogP contribution in [0.25, 0.3) is 11.0 Å². The molecule has 2 rings (SSSR count). The second-order valence-corrected chi connectivity index (χ2v) is 5.51. The summed E-state index contributed by atoms with van der Waals surface area (Å²) in [6, 6.07) is 6.04. The van der Waals surface area contributed by atoms with E-state index in [0.29, 0.717) is 5.88 Å². The van der Waals surface area contributed by atoms with Crippen LogP contribution in [0.2, 0.25) is 0 Å². The van der Waals surface area contributed by atoms with Crippen LogP contribution in [0.15, 0.2) is 18.2 Å². The van der Waals surface area contributed by atoms with E-state index in [9.17, 15) is 0 Å². The molecular formula is C15H22ClN3O. The molecule has 0 bridgehead atoms. The van der Waals surface area contributed by atoms with Crippen molar-refractivity contribution in [1.82, 2.24) is 14.5 Å². The van der Waals surface area contributed by atoms with Gasteiger partial charge < -0.3 is 14.2 Å². The number of halogens is 1. The van der Waals surface area contributed by atoms with Crippen LogP contribution in [0.4, 0.5) is 0 Å². The highest BCUT2D eigenvalue weighted by molar-refractivity contribution is 6.17. The minimum Gasteiger partial charge on any atom is -0.497 e. The Morgan fingerprint density at radius 1 is 1.35 bits per heavy atom. The summed E-state index contributed by atoms with van der Waals surface area (Å²) in [5, 5.41) is 0. The number of alkyl halides is 1. The van der Waals surface area contributed by atoms with Crippen molar-refractivity contribution in [3.63, 3.8) is 0 Å². The predicted molar refractivity (Wildman–Crippen MR) is 83.9 cm³/mol. The van der Waals surface area contributed by atoms with Crippen LogP contribution in [-0.2, 0) is 13.0 Å². The maximum atomic E-state index is 5.89. The van der Waals surface area contributed by atoms with Gasteiger partial charge in [0.25, 0.3) is 0 Å². The number of methoxy groups -OCH3 is 1. The summed E-state index contributed by atoms with van der Waals surface area (Å²) in [6.45, 7) is 2.03. The molecule has 1 aromatic carbocycles. The maximum Gasteiger partial charge on any atom is 0.121 e. The van der Waals surface area contributed by atoms with Gasteiger partial charge in [-0.1, -0.05) is 0 Å². The molecule has 4 nitrogen and oxygen atoms in total. The van der Waals surface area contributed by atoms with Gasteiger partial charge in [0.2, 0.25) is 0 Å². The molecule has 0 aliphatic rings. The Bertz CT molecular complexity index is 565. The van der Waals surface area contributed by atoms with E-state index >= 15 is 0 Å². The van der Waals surface area contributed by atoms with Gasteiger partial charge >= 0.3 is 0 Å². The summed E-state index contributed by atoms with van der Waals surface area (Å²) in [4.78, 5) is 6.89. The molecule has 0 saturated carbocycles. The summed E-state index contributed by atoms with van der Waals surface area (Å²) in [6.07, 6.45) is 1.89. The number of hydrogen-bond acceptors (Lipinski definition) is 3. The zero-order chi connectivity index (χ0) is 14.5. The molecule has 1 aromatic heterocycles. The average molecular weight is 296 g/mol. The molecule has 0 radical (unpaired) electrons. The number of nitrogens with zero attached hydrogens (tertiary/aromatic N) is 3. The predicted octanol–water partition coefficient (Wildman–Crippen LogP) is 2.78. The molecule has 5 heteroatoms. The van der Waals surface area contributed by atoms with E-state index in [1.807, 2.05) is 12.1 Å². The molecule has 20 heavy (non-hydrogen) atoms. The second kappa shape index (κ2) is 6.95. The monoisotopic (exact) mass is 295 g/mol. The highest BCUT2D eigenvalue weighted by atomic mass is 35.5. The van der Waals surface area contributed by atoms with Crippen LogP contribution >= 0.6 is 11.6 Å². The Labute approximate surface area is 125 Å². The van der Waals surface area contributed by atoms with Crippen molar-refractivity contribution in [2.75, 3.05) is 33.6 Å². The van der Waals surface area contributed by atoms with Crippen LogP contribution in [0.5, 0.6) is 5.75 Å². The van der Waals surface area contributed by atoms with Crippen LogP contribution in [-0.4, -0.2) is 48.1 Å². The van der Waals surface area contributed by atoms with Gasteiger partial charge in [-0.05, 0) is 39.2 Å². The van der Waals surface area contributed by atoms with Crippen LogP contribution < -0.4 is 4.74 Å². The summed E-state index contributed by atoms with van der Waals surface area (Å²) < 4.78 is 7.54. The fourth-order valence-electron chi connectivity index (χ4n) is 2.36. The molecule has 0 aliphatic carbocycles. The molecular weight excluding hydrogens is 274 g/mol. The quantitative estimate of drug-likeness (QED) is 0.736. The Hall–Kier alpha value is -1.26. The maximum absolute atomic E-state index is 5.89. The van der Waals surface area contributed by atoms with Gasteiger partial charge in [-0.15, -0.1) is 11.6 Å². The van der Waals surface area contributed by atoms with Crippen molar-refractivity contribution in [3.8, 4) is 5.75 Å². The third-order valence-electron chi connectivity index (χ3n) is 3.34. The van der Waals surface area contributed by atoms with Gasteiger partial charge in [0.05, 0.1) is 18.1 Å². The number of rotatable bonds is 7. The van der Waals surface area contributed by atoms with Crippen LogP contribution in [0.1, 0.15) is 12.2 Å². The Morgan fingerprint density at radius 2 is 2.15 bits per heavy atom. The van der Waals surface area contributed by atoms with Gasteiger partial charge in [0, 0.05) is 24.9 Å². The van der Waals surface area contributed by atoms with Crippen molar-refractivity contribution in [1.29, 1.82) is 0 Å². The fraction of sp³-hybridized carbons (Fsp3) is 0.533.